The summed E-state index contributed by atoms with van der Waals surface area (Å²) in [6, 6.07) is 0. The lowest BCUT2D eigenvalue weighted by atomic mass is 10.1. The second kappa shape index (κ2) is 5.93. The van der Waals surface area contributed by atoms with E-state index in [0.29, 0.717) is 12.5 Å². The van der Waals surface area contributed by atoms with Crippen LogP contribution in [0.25, 0.3) is 0 Å². The molecule has 0 saturated carbocycles. The van der Waals surface area contributed by atoms with E-state index >= 15 is 0 Å². The monoisotopic (exact) mass is 215 g/mol. The molecule has 1 heterocycles. The minimum atomic E-state index is 0.555. The Kier molecular flexibility index (Phi) is 4.82. The van der Waals surface area contributed by atoms with Crippen molar-refractivity contribution in [2.24, 2.45) is 5.92 Å². The molecule has 0 amide bonds. The van der Waals surface area contributed by atoms with Crippen LogP contribution in [0.4, 0.5) is 5.00 Å². The van der Waals surface area contributed by atoms with Crippen LogP contribution in [-0.2, 0) is 11.3 Å². The summed E-state index contributed by atoms with van der Waals surface area (Å²) in [6.07, 6.45) is 1.09. The number of aromatic nitrogens is 2. The molecule has 0 aromatic carbocycles. The first kappa shape index (κ1) is 11.4. The summed E-state index contributed by atoms with van der Waals surface area (Å²) in [5.41, 5.74) is 0.904. The number of hydrogen-bond acceptors (Lipinski definition) is 5. The van der Waals surface area contributed by atoms with Crippen LogP contribution in [-0.4, -0.2) is 23.2 Å². The van der Waals surface area contributed by atoms with E-state index in [1.54, 1.807) is 0 Å². The molecule has 0 fully saturated rings. The molecule has 0 aliphatic rings. The maximum Gasteiger partial charge on any atom is 0.135 e. The highest BCUT2D eigenvalue weighted by Gasteiger charge is 2.05. The van der Waals surface area contributed by atoms with E-state index in [9.17, 15) is 0 Å². The van der Waals surface area contributed by atoms with Gasteiger partial charge >= 0.3 is 0 Å². The van der Waals surface area contributed by atoms with Gasteiger partial charge in [0.1, 0.15) is 10.7 Å². The van der Waals surface area contributed by atoms with Crippen LogP contribution < -0.4 is 5.32 Å². The lowest BCUT2D eigenvalue weighted by Crippen LogP contribution is -2.01. The van der Waals surface area contributed by atoms with E-state index in [2.05, 4.69) is 28.8 Å². The molecule has 5 heteroatoms. The molecular formula is C9H17N3OS. The standard InChI is InChI=1S/C9H17N3OS/c1-7(2)4-5-13-6-8-9(10-3)14-12-11-8/h7,10H,4-6H2,1-3H3. The van der Waals surface area contributed by atoms with Gasteiger partial charge in [0.05, 0.1) is 6.61 Å². The largest absolute Gasteiger partial charge is 0.377 e. The molecule has 0 bridgehead atoms. The van der Waals surface area contributed by atoms with Gasteiger partial charge in [-0.05, 0) is 12.3 Å². The zero-order valence-corrected chi connectivity index (χ0v) is 9.73. The van der Waals surface area contributed by atoms with Crippen molar-refractivity contribution >= 4 is 16.5 Å². The Hall–Kier alpha value is -0.680. The van der Waals surface area contributed by atoms with Gasteiger partial charge in [0.25, 0.3) is 0 Å². The lowest BCUT2D eigenvalue weighted by Gasteiger charge is -2.05. The van der Waals surface area contributed by atoms with E-state index < -0.39 is 0 Å². The van der Waals surface area contributed by atoms with Crippen molar-refractivity contribution < 1.29 is 4.74 Å². The zero-order valence-electron chi connectivity index (χ0n) is 8.91. The van der Waals surface area contributed by atoms with Crippen LogP contribution in [0.3, 0.4) is 0 Å². The number of ether oxygens (including phenoxy) is 1. The molecule has 80 valence electrons. The van der Waals surface area contributed by atoms with Crippen LogP contribution >= 0.6 is 11.5 Å². The van der Waals surface area contributed by atoms with Crippen molar-refractivity contribution in [2.45, 2.75) is 26.9 Å². The van der Waals surface area contributed by atoms with Gasteiger partial charge in [-0.1, -0.05) is 18.3 Å². The van der Waals surface area contributed by atoms with Gasteiger partial charge in [0.15, 0.2) is 0 Å². The summed E-state index contributed by atoms with van der Waals surface area (Å²) in [7, 11) is 1.87. The summed E-state index contributed by atoms with van der Waals surface area (Å²) >= 11 is 1.36. The highest BCUT2D eigenvalue weighted by Crippen LogP contribution is 2.17. The fourth-order valence-electron chi connectivity index (χ4n) is 0.981. The Morgan fingerprint density at radius 3 is 2.93 bits per heavy atom. The number of anilines is 1. The summed E-state index contributed by atoms with van der Waals surface area (Å²) < 4.78 is 9.35. The van der Waals surface area contributed by atoms with Crippen LogP contribution in [0.5, 0.6) is 0 Å². The quantitative estimate of drug-likeness (QED) is 0.739. The fraction of sp³-hybridized carbons (Fsp3) is 0.778. The molecule has 0 aliphatic heterocycles. The summed E-state index contributed by atoms with van der Waals surface area (Å²) in [5.74, 6) is 0.687. The molecule has 0 saturated heterocycles. The predicted octanol–water partition coefficient (Wildman–Crippen LogP) is 2.14. The Morgan fingerprint density at radius 1 is 1.50 bits per heavy atom. The van der Waals surface area contributed by atoms with Crippen molar-refractivity contribution in [2.75, 3.05) is 19.0 Å². The second-order valence-electron chi connectivity index (χ2n) is 3.53. The Bertz CT molecular complexity index is 262. The average Bonchev–Trinajstić information content (AvgIpc) is 2.59. The van der Waals surface area contributed by atoms with E-state index in [-0.39, 0.29) is 0 Å². The molecule has 1 aromatic heterocycles. The van der Waals surface area contributed by atoms with Crippen molar-refractivity contribution in [3.05, 3.63) is 5.69 Å². The van der Waals surface area contributed by atoms with E-state index in [0.717, 1.165) is 23.7 Å². The molecule has 0 atom stereocenters. The fourth-order valence-corrected chi connectivity index (χ4v) is 1.50. The number of rotatable bonds is 6. The van der Waals surface area contributed by atoms with Crippen LogP contribution in [0.2, 0.25) is 0 Å². The van der Waals surface area contributed by atoms with Gasteiger partial charge in [0, 0.05) is 25.2 Å². The summed E-state index contributed by atoms with van der Waals surface area (Å²) in [4.78, 5) is 0. The zero-order chi connectivity index (χ0) is 10.4. The second-order valence-corrected chi connectivity index (χ2v) is 4.29. The number of hydrogen-bond donors (Lipinski definition) is 1. The first-order valence-corrected chi connectivity index (χ1v) is 5.58. The van der Waals surface area contributed by atoms with Gasteiger partial charge in [0.2, 0.25) is 0 Å². The molecule has 0 unspecified atom stereocenters. The van der Waals surface area contributed by atoms with Gasteiger partial charge < -0.3 is 10.1 Å². The van der Waals surface area contributed by atoms with Crippen molar-refractivity contribution in [3.8, 4) is 0 Å². The third-order valence-corrected chi connectivity index (χ3v) is 2.65. The Balaban J connectivity index is 2.24. The van der Waals surface area contributed by atoms with E-state index in [1.165, 1.54) is 11.5 Å². The minimum Gasteiger partial charge on any atom is -0.377 e. The van der Waals surface area contributed by atoms with Gasteiger partial charge in [-0.3, -0.25) is 0 Å². The van der Waals surface area contributed by atoms with Crippen LogP contribution in [0.15, 0.2) is 0 Å². The molecule has 1 rings (SSSR count). The van der Waals surface area contributed by atoms with E-state index in [4.69, 9.17) is 4.74 Å². The predicted molar refractivity (Wildman–Crippen MR) is 58.6 cm³/mol. The SMILES string of the molecule is CNc1snnc1COCCC(C)C. The third kappa shape index (κ3) is 3.59. The normalized spacial score (nSPS) is 10.9. The number of nitrogens with zero attached hydrogens (tertiary/aromatic N) is 2. The average molecular weight is 215 g/mol. The highest BCUT2D eigenvalue weighted by molar-refractivity contribution is 7.10. The molecular weight excluding hydrogens is 198 g/mol. The molecule has 14 heavy (non-hydrogen) atoms. The topological polar surface area (TPSA) is 47.0 Å². The van der Waals surface area contributed by atoms with E-state index in [1.807, 2.05) is 7.05 Å². The maximum absolute atomic E-state index is 5.50. The molecule has 0 radical (unpaired) electrons. The molecule has 0 aliphatic carbocycles. The lowest BCUT2D eigenvalue weighted by molar-refractivity contribution is 0.108. The maximum atomic E-state index is 5.50. The first-order valence-electron chi connectivity index (χ1n) is 4.80. The van der Waals surface area contributed by atoms with Crippen molar-refractivity contribution in [3.63, 3.8) is 0 Å². The number of nitrogens with one attached hydrogen (secondary N) is 1. The van der Waals surface area contributed by atoms with Crippen molar-refractivity contribution in [1.82, 2.24) is 9.59 Å². The van der Waals surface area contributed by atoms with Crippen LogP contribution in [0, 0.1) is 5.92 Å². The van der Waals surface area contributed by atoms with Crippen molar-refractivity contribution in [1.29, 1.82) is 0 Å². The Morgan fingerprint density at radius 2 is 2.29 bits per heavy atom. The van der Waals surface area contributed by atoms with Crippen LogP contribution in [0.1, 0.15) is 26.0 Å². The van der Waals surface area contributed by atoms with Gasteiger partial charge in [-0.25, -0.2) is 0 Å². The molecule has 0 spiro atoms. The van der Waals surface area contributed by atoms with Gasteiger partial charge in [-0.2, -0.15) is 0 Å². The molecule has 1 N–H and O–H groups in total. The smallest absolute Gasteiger partial charge is 0.135 e. The third-order valence-electron chi connectivity index (χ3n) is 1.86. The minimum absolute atomic E-state index is 0.555. The summed E-state index contributed by atoms with van der Waals surface area (Å²) in [6.45, 7) is 5.72. The molecule has 4 nitrogen and oxygen atoms in total. The highest BCUT2D eigenvalue weighted by atomic mass is 32.1. The Labute approximate surface area is 88.8 Å². The molecule has 1 aromatic rings. The first-order chi connectivity index (χ1) is 6.74. The van der Waals surface area contributed by atoms with Gasteiger partial charge in [-0.15, -0.1) is 5.10 Å². The summed E-state index contributed by atoms with van der Waals surface area (Å²) in [5, 5.41) is 8.02.